The zero-order chi connectivity index (χ0) is 17.0. The number of rotatable bonds is 6. The molecule has 1 aromatic rings. The summed E-state index contributed by atoms with van der Waals surface area (Å²) in [5, 5.41) is 7.67. The van der Waals surface area contributed by atoms with Gasteiger partial charge >= 0.3 is 0 Å². The molecule has 1 aliphatic heterocycles. The Morgan fingerprint density at radius 2 is 1.96 bits per heavy atom. The SMILES string of the molecule is COCCCNC(=S)N1CCCN1C(=O)C1(c2ccccc2)CC1. The average molecular weight is 347 g/mol. The van der Waals surface area contributed by atoms with E-state index in [9.17, 15) is 4.79 Å². The smallest absolute Gasteiger partial charge is 0.251 e. The lowest BCUT2D eigenvalue weighted by Crippen LogP contribution is -2.52. The summed E-state index contributed by atoms with van der Waals surface area (Å²) in [6.45, 7) is 3.00. The highest BCUT2D eigenvalue weighted by atomic mass is 32.1. The highest BCUT2D eigenvalue weighted by Gasteiger charge is 2.54. The molecule has 0 unspecified atom stereocenters. The minimum absolute atomic E-state index is 0.187. The van der Waals surface area contributed by atoms with Gasteiger partial charge < -0.3 is 10.1 Å². The van der Waals surface area contributed by atoms with Crippen LogP contribution in [-0.4, -0.2) is 54.4 Å². The first kappa shape index (κ1) is 17.2. The van der Waals surface area contributed by atoms with Crippen molar-refractivity contribution in [3.8, 4) is 0 Å². The van der Waals surface area contributed by atoms with Crippen molar-refractivity contribution >= 4 is 23.2 Å². The monoisotopic (exact) mass is 347 g/mol. The maximum atomic E-state index is 13.2. The summed E-state index contributed by atoms with van der Waals surface area (Å²) in [5.74, 6) is 0.187. The number of carbonyl (C=O) groups excluding carboxylic acids is 1. The van der Waals surface area contributed by atoms with E-state index in [1.807, 2.05) is 28.2 Å². The number of hydrazine groups is 1. The summed E-state index contributed by atoms with van der Waals surface area (Å²) in [7, 11) is 1.69. The van der Waals surface area contributed by atoms with Crippen molar-refractivity contribution < 1.29 is 9.53 Å². The zero-order valence-corrected chi connectivity index (χ0v) is 15.0. The summed E-state index contributed by atoms with van der Waals surface area (Å²) < 4.78 is 5.05. The molecule has 1 heterocycles. The van der Waals surface area contributed by atoms with E-state index in [1.165, 1.54) is 0 Å². The number of hydrogen-bond donors (Lipinski definition) is 1. The first-order valence-corrected chi connectivity index (χ1v) is 9.01. The van der Waals surface area contributed by atoms with Crippen molar-refractivity contribution in [2.45, 2.75) is 31.1 Å². The van der Waals surface area contributed by atoms with Crippen LogP contribution < -0.4 is 5.32 Å². The molecule has 0 radical (unpaired) electrons. The number of carbonyl (C=O) groups is 1. The third-order valence-electron chi connectivity index (χ3n) is 4.79. The lowest BCUT2D eigenvalue weighted by molar-refractivity contribution is -0.141. The molecule has 1 aliphatic carbocycles. The van der Waals surface area contributed by atoms with Gasteiger partial charge in [0.05, 0.1) is 5.41 Å². The van der Waals surface area contributed by atoms with Crippen molar-refractivity contribution in [2.24, 2.45) is 0 Å². The molecule has 6 heteroatoms. The van der Waals surface area contributed by atoms with E-state index in [-0.39, 0.29) is 11.3 Å². The second-order valence-corrected chi connectivity index (χ2v) is 6.82. The summed E-state index contributed by atoms with van der Waals surface area (Å²) in [5.41, 5.74) is 0.788. The van der Waals surface area contributed by atoms with Crippen LogP contribution in [0.1, 0.15) is 31.2 Å². The predicted molar refractivity (Wildman–Crippen MR) is 97.5 cm³/mol. The zero-order valence-electron chi connectivity index (χ0n) is 14.2. The number of methoxy groups -OCH3 is 1. The number of nitrogens with zero attached hydrogens (tertiary/aromatic N) is 2. The molecule has 0 spiro atoms. The molecule has 1 saturated heterocycles. The standard InChI is InChI=1S/C18H25N3O2S/c1-23-14-5-11-19-17(24)21-13-6-12-20(21)16(22)18(9-10-18)15-7-3-2-4-8-15/h2-4,7-8H,5-6,9-14H2,1H3,(H,19,24). The molecule has 5 nitrogen and oxygen atoms in total. The number of benzene rings is 1. The minimum atomic E-state index is -0.338. The summed E-state index contributed by atoms with van der Waals surface area (Å²) >= 11 is 5.50. The predicted octanol–water partition coefficient (Wildman–Crippen LogP) is 2.08. The fraction of sp³-hybridized carbons (Fsp3) is 0.556. The molecular weight excluding hydrogens is 322 g/mol. The Morgan fingerprint density at radius 1 is 1.25 bits per heavy atom. The van der Waals surface area contributed by atoms with E-state index in [0.29, 0.717) is 11.7 Å². The second kappa shape index (κ2) is 7.49. The minimum Gasteiger partial charge on any atom is -0.385 e. The molecule has 1 aromatic carbocycles. The molecule has 0 atom stereocenters. The quantitative estimate of drug-likeness (QED) is 0.630. The molecule has 1 saturated carbocycles. The Labute approximate surface area is 148 Å². The van der Waals surface area contributed by atoms with E-state index < -0.39 is 0 Å². The molecule has 3 rings (SSSR count). The van der Waals surface area contributed by atoms with Crippen LogP contribution in [0.2, 0.25) is 0 Å². The van der Waals surface area contributed by atoms with Crippen LogP contribution in [0, 0.1) is 0 Å². The van der Waals surface area contributed by atoms with Crippen LogP contribution in [0.4, 0.5) is 0 Å². The van der Waals surface area contributed by atoms with Gasteiger partial charge in [-0.25, -0.2) is 0 Å². The molecule has 1 amide bonds. The third kappa shape index (κ3) is 3.39. The molecular formula is C18H25N3O2S. The number of nitrogens with one attached hydrogen (secondary N) is 1. The van der Waals surface area contributed by atoms with Gasteiger partial charge in [0.1, 0.15) is 0 Å². The van der Waals surface area contributed by atoms with Crippen LogP contribution in [0.5, 0.6) is 0 Å². The van der Waals surface area contributed by atoms with Crippen LogP contribution in [0.15, 0.2) is 30.3 Å². The van der Waals surface area contributed by atoms with Gasteiger partial charge in [-0.2, -0.15) is 0 Å². The van der Waals surface area contributed by atoms with Crippen molar-refractivity contribution in [3.05, 3.63) is 35.9 Å². The normalized spacial score (nSPS) is 18.5. The van der Waals surface area contributed by atoms with E-state index >= 15 is 0 Å². The van der Waals surface area contributed by atoms with Crippen molar-refractivity contribution in [1.29, 1.82) is 0 Å². The third-order valence-corrected chi connectivity index (χ3v) is 5.14. The van der Waals surface area contributed by atoms with Crippen LogP contribution >= 0.6 is 12.2 Å². The Morgan fingerprint density at radius 3 is 2.62 bits per heavy atom. The Kier molecular flexibility index (Phi) is 5.36. The fourth-order valence-electron chi connectivity index (χ4n) is 3.29. The largest absolute Gasteiger partial charge is 0.385 e. The average Bonchev–Trinajstić information content (AvgIpc) is 3.28. The Hall–Kier alpha value is -1.66. The van der Waals surface area contributed by atoms with Crippen LogP contribution in [0.3, 0.4) is 0 Å². The van der Waals surface area contributed by atoms with Gasteiger partial charge in [0.15, 0.2) is 5.11 Å². The molecule has 0 aromatic heterocycles. The van der Waals surface area contributed by atoms with Crippen LogP contribution in [0.25, 0.3) is 0 Å². The molecule has 1 N–H and O–H groups in total. The van der Waals surface area contributed by atoms with Gasteiger partial charge in [-0.3, -0.25) is 14.8 Å². The molecule has 0 bridgehead atoms. The number of ether oxygens (including phenoxy) is 1. The molecule has 2 aliphatic rings. The number of hydrogen-bond acceptors (Lipinski definition) is 3. The first-order chi connectivity index (χ1) is 11.7. The van der Waals surface area contributed by atoms with E-state index in [0.717, 1.165) is 50.9 Å². The molecule has 2 fully saturated rings. The van der Waals surface area contributed by atoms with Gasteiger partial charge in [-0.05, 0) is 43.5 Å². The van der Waals surface area contributed by atoms with Gasteiger partial charge in [0.2, 0.25) is 0 Å². The number of thiocarbonyl (C=S) groups is 1. The van der Waals surface area contributed by atoms with Crippen molar-refractivity contribution in [3.63, 3.8) is 0 Å². The van der Waals surface area contributed by atoms with E-state index in [4.69, 9.17) is 17.0 Å². The maximum absolute atomic E-state index is 13.2. The molecule has 130 valence electrons. The van der Waals surface area contributed by atoms with Crippen LogP contribution in [-0.2, 0) is 14.9 Å². The van der Waals surface area contributed by atoms with Crippen molar-refractivity contribution in [2.75, 3.05) is 33.4 Å². The summed E-state index contributed by atoms with van der Waals surface area (Å²) in [6, 6.07) is 10.1. The second-order valence-electron chi connectivity index (χ2n) is 6.43. The lowest BCUT2D eigenvalue weighted by atomic mass is 9.95. The highest BCUT2D eigenvalue weighted by molar-refractivity contribution is 7.80. The maximum Gasteiger partial charge on any atom is 0.251 e. The van der Waals surface area contributed by atoms with Crippen molar-refractivity contribution in [1.82, 2.24) is 15.3 Å². The summed E-state index contributed by atoms with van der Waals surface area (Å²) in [4.78, 5) is 13.2. The topological polar surface area (TPSA) is 44.8 Å². The van der Waals surface area contributed by atoms with Gasteiger partial charge in [0.25, 0.3) is 5.91 Å². The first-order valence-electron chi connectivity index (χ1n) is 8.61. The number of amides is 1. The van der Waals surface area contributed by atoms with Gasteiger partial charge in [-0.1, -0.05) is 30.3 Å². The van der Waals surface area contributed by atoms with E-state index in [2.05, 4.69) is 17.4 Å². The van der Waals surface area contributed by atoms with E-state index in [1.54, 1.807) is 7.11 Å². The van der Waals surface area contributed by atoms with Gasteiger partial charge in [-0.15, -0.1) is 0 Å². The highest BCUT2D eigenvalue weighted by Crippen LogP contribution is 2.50. The Balaban J connectivity index is 1.65. The Bertz CT molecular complexity index is 589. The lowest BCUT2D eigenvalue weighted by Gasteiger charge is -2.33. The molecule has 24 heavy (non-hydrogen) atoms. The summed E-state index contributed by atoms with van der Waals surface area (Å²) in [6.07, 6.45) is 3.70. The fourth-order valence-corrected chi connectivity index (χ4v) is 3.58. The van der Waals surface area contributed by atoms with Gasteiger partial charge in [0, 0.05) is 33.4 Å².